The number of nitrogens with one attached hydrogen (secondary N) is 3. The van der Waals surface area contributed by atoms with Crippen LogP contribution in [0.2, 0.25) is 0 Å². The molecule has 3 N–H and O–H groups in total. The third-order valence-corrected chi connectivity index (χ3v) is 2.79. The topological polar surface area (TPSA) is 104 Å². The molecule has 0 saturated heterocycles. The zero-order chi connectivity index (χ0) is 15.7. The van der Waals surface area contributed by atoms with Gasteiger partial charge in [-0.1, -0.05) is 0 Å². The number of halogens is 3. The Hall–Kier alpha value is -2.85. The molecule has 0 atom stereocenters. The van der Waals surface area contributed by atoms with Crippen molar-refractivity contribution in [2.75, 3.05) is 5.32 Å². The summed E-state index contributed by atoms with van der Waals surface area (Å²) in [5, 5.41) is 13.2. The summed E-state index contributed by atoms with van der Waals surface area (Å²) in [5.74, 6) is 0.173. The number of hydrogen-bond acceptors (Lipinski definition) is 5. The standard InChI is InChI=1S/C11H10F3N7O/c12-11(13,14)5-21-2-1-6(20-21)3-15-10-17-8-7(4-16-19-8)9(22)18-10/h1-2,4H,3,5H2,(H3,15,16,17,18,19,22). The maximum absolute atomic E-state index is 12.2. The zero-order valence-corrected chi connectivity index (χ0v) is 11.0. The van der Waals surface area contributed by atoms with Gasteiger partial charge in [-0.3, -0.25) is 19.6 Å². The summed E-state index contributed by atoms with van der Waals surface area (Å²) < 4.78 is 37.5. The van der Waals surface area contributed by atoms with Gasteiger partial charge >= 0.3 is 6.18 Å². The highest BCUT2D eigenvalue weighted by Crippen LogP contribution is 2.17. The third kappa shape index (κ3) is 3.07. The van der Waals surface area contributed by atoms with E-state index < -0.39 is 12.7 Å². The van der Waals surface area contributed by atoms with Crippen LogP contribution in [0.25, 0.3) is 11.0 Å². The molecule has 0 bridgehead atoms. The number of fused-ring (bicyclic) bond motifs is 1. The van der Waals surface area contributed by atoms with Crippen LogP contribution < -0.4 is 10.9 Å². The molecule has 0 spiro atoms. The van der Waals surface area contributed by atoms with Crippen LogP contribution in [0.5, 0.6) is 0 Å². The van der Waals surface area contributed by atoms with E-state index in [0.717, 1.165) is 4.68 Å². The lowest BCUT2D eigenvalue weighted by molar-refractivity contribution is -0.142. The fraction of sp³-hybridized carbons (Fsp3) is 0.273. The highest BCUT2D eigenvalue weighted by atomic mass is 19.4. The molecule has 22 heavy (non-hydrogen) atoms. The van der Waals surface area contributed by atoms with E-state index in [4.69, 9.17) is 0 Å². The number of alkyl halides is 3. The largest absolute Gasteiger partial charge is 0.408 e. The van der Waals surface area contributed by atoms with E-state index in [1.54, 1.807) is 0 Å². The summed E-state index contributed by atoms with van der Waals surface area (Å²) >= 11 is 0. The average Bonchev–Trinajstić information content (AvgIpc) is 3.03. The van der Waals surface area contributed by atoms with Crippen molar-refractivity contribution in [3.8, 4) is 0 Å². The zero-order valence-electron chi connectivity index (χ0n) is 11.0. The number of anilines is 1. The van der Waals surface area contributed by atoms with Crippen molar-refractivity contribution in [1.29, 1.82) is 0 Å². The molecule has 3 heterocycles. The first-order valence-corrected chi connectivity index (χ1v) is 6.17. The van der Waals surface area contributed by atoms with Crippen molar-refractivity contribution in [3.05, 3.63) is 34.5 Å². The van der Waals surface area contributed by atoms with Gasteiger partial charge in [-0.05, 0) is 6.07 Å². The van der Waals surface area contributed by atoms with E-state index in [1.165, 1.54) is 18.5 Å². The van der Waals surface area contributed by atoms with E-state index in [0.29, 0.717) is 16.7 Å². The second kappa shape index (κ2) is 5.16. The minimum atomic E-state index is -4.32. The average molecular weight is 313 g/mol. The Morgan fingerprint density at radius 2 is 2.18 bits per heavy atom. The van der Waals surface area contributed by atoms with Crippen molar-refractivity contribution >= 4 is 17.0 Å². The predicted molar refractivity (Wildman–Crippen MR) is 70.1 cm³/mol. The highest BCUT2D eigenvalue weighted by molar-refractivity contribution is 5.73. The molecule has 3 aromatic rings. The number of hydrogen-bond donors (Lipinski definition) is 3. The number of aromatic nitrogens is 6. The van der Waals surface area contributed by atoms with Crippen LogP contribution >= 0.6 is 0 Å². The molecule has 0 radical (unpaired) electrons. The Morgan fingerprint density at radius 3 is 2.95 bits per heavy atom. The van der Waals surface area contributed by atoms with E-state index in [2.05, 4.69) is 30.6 Å². The minimum absolute atomic E-state index is 0.118. The predicted octanol–water partition coefficient (Wildman–Crippen LogP) is 1.02. The highest BCUT2D eigenvalue weighted by Gasteiger charge is 2.28. The molecular formula is C11H10F3N7O. The number of H-pyrrole nitrogens is 2. The van der Waals surface area contributed by atoms with Gasteiger partial charge in [0.1, 0.15) is 11.9 Å². The summed E-state index contributed by atoms with van der Waals surface area (Å²) in [6, 6.07) is 1.45. The maximum Gasteiger partial charge on any atom is 0.408 e. The van der Waals surface area contributed by atoms with Crippen LogP contribution in [-0.2, 0) is 13.1 Å². The second-order valence-electron chi connectivity index (χ2n) is 4.52. The Kier molecular flexibility index (Phi) is 3.31. The Morgan fingerprint density at radius 1 is 1.36 bits per heavy atom. The van der Waals surface area contributed by atoms with Gasteiger partial charge < -0.3 is 5.32 Å². The van der Waals surface area contributed by atoms with Crippen LogP contribution in [0.4, 0.5) is 19.1 Å². The fourth-order valence-corrected chi connectivity index (χ4v) is 1.87. The first-order valence-electron chi connectivity index (χ1n) is 6.17. The van der Waals surface area contributed by atoms with Crippen LogP contribution in [0.1, 0.15) is 5.69 Å². The van der Waals surface area contributed by atoms with Crippen molar-refractivity contribution in [3.63, 3.8) is 0 Å². The van der Waals surface area contributed by atoms with E-state index in [9.17, 15) is 18.0 Å². The molecule has 0 aliphatic rings. The molecule has 0 amide bonds. The normalized spacial score (nSPS) is 12.0. The van der Waals surface area contributed by atoms with Gasteiger partial charge in [-0.2, -0.15) is 28.4 Å². The first kappa shape index (κ1) is 14.1. The molecular weight excluding hydrogens is 303 g/mol. The summed E-state index contributed by atoms with van der Waals surface area (Å²) in [6.07, 6.45) is -1.74. The van der Waals surface area contributed by atoms with Gasteiger partial charge in [0.15, 0.2) is 5.65 Å². The lowest BCUT2D eigenvalue weighted by Crippen LogP contribution is -2.18. The van der Waals surface area contributed by atoms with Crippen LogP contribution in [0.3, 0.4) is 0 Å². The molecule has 0 unspecified atom stereocenters. The Bertz CT molecular complexity index is 847. The van der Waals surface area contributed by atoms with Crippen molar-refractivity contribution in [2.45, 2.75) is 19.3 Å². The second-order valence-corrected chi connectivity index (χ2v) is 4.52. The molecule has 11 heteroatoms. The van der Waals surface area contributed by atoms with Crippen molar-refractivity contribution < 1.29 is 13.2 Å². The lowest BCUT2D eigenvalue weighted by atomic mass is 10.4. The molecule has 0 aromatic carbocycles. The van der Waals surface area contributed by atoms with Crippen LogP contribution in [0.15, 0.2) is 23.3 Å². The molecule has 116 valence electrons. The van der Waals surface area contributed by atoms with Gasteiger partial charge in [0.25, 0.3) is 5.56 Å². The van der Waals surface area contributed by atoms with Crippen LogP contribution in [0, 0.1) is 0 Å². The fourth-order valence-electron chi connectivity index (χ4n) is 1.87. The summed E-state index contributed by atoms with van der Waals surface area (Å²) in [5.41, 5.74) is 0.328. The maximum atomic E-state index is 12.2. The number of rotatable bonds is 4. The molecule has 3 rings (SSSR count). The quantitative estimate of drug-likeness (QED) is 0.667. The summed E-state index contributed by atoms with van der Waals surface area (Å²) in [7, 11) is 0. The molecule has 0 aliphatic carbocycles. The third-order valence-electron chi connectivity index (χ3n) is 2.79. The van der Waals surface area contributed by atoms with Crippen molar-refractivity contribution in [2.24, 2.45) is 0 Å². The summed E-state index contributed by atoms with van der Waals surface area (Å²) in [4.78, 5) is 18.3. The molecule has 0 fully saturated rings. The molecule has 3 aromatic heterocycles. The summed E-state index contributed by atoms with van der Waals surface area (Å²) in [6.45, 7) is -1.03. The Balaban J connectivity index is 1.70. The molecule has 0 saturated carbocycles. The number of nitrogens with zero attached hydrogens (tertiary/aromatic N) is 4. The monoisotopic (exact) mass is 313 g/mol. The van der Waals surface area contributed by atoms with Gasteiger partial charge in [0.05, 0.1) is 18.4 Å². The molecule has 0 aliphatic heterocycles. The van der Waals surface area contributed by atoms with Crippen molar-refractivity contribution in [1.82, 2.24) is 29.9 Å². The van der Waals surface area contributed by atoms with Crippen LogP contribution in [-0.4, -0.2) is 36.1 Å². The van der Waals surface area contributed by atoms with Gasteiger partial charge in [0.2, 0.25) is 5.95 Å². The number of aromatic amines is 2. The smallest absolute Gasteiger partial charge is 0.350 e. The van der Waals surface area contributed by atoms with Gasteiger partial charge in [-0.15, -0.1) is 0 Å². The Labute approximate surface area is 120 Å². The van der Waals surface area contributed by atoms with Gasteiger partial charge in [0, 0.05) is 6.20 Å². The van der Waals surface area contributed by atoms with Gasteiger partial charge in [-0.25, -0.2) is 0 Å². The van der Waals surface area contributed by atoms with E-state index >= 15 is 0 Å². The minimum Gasteiger partial charge on any atom is -0.350 e. The lowest BCUT2D eigenvalue weighted by Gasteiger charge is -2.06. The van der Waals surface area contributed by atoms with E-state index in [-0.39, 0.29) is 18.1 Å². The SMILES string of the molecule is O=c1[nH]c(NCc2ccn(CC(F)(F)F)n2)nc2[nH]ncc12. The van der Waals surface area contributed by atoms with E-state index in [1.807, 2.05) is 0 Å². The molecule has 8 nitrogen and oxygen atoms in total. The first-order chi connectivity index (χ1) is 10.4.